The van der Waals surface area contributed by atoms with Crippen LogP contribution < -0.4 is 32.0 Å². The van der Waals surface area contributed by atoms with Crippen molar-refractivity contribution < 1.29 is 26.8 Å². The number of nitrogens with one attached hydrogen (secondary N) is 2. The molecule has 0 saturated heterocycles. The lowest BCUT2D eigenvalue weighted by atomic mass is 10.2. The minimum absolute atomic E-state index is 0.251. The smallest absolute Gasteiger partial charge is 0.416 e. The second-order valence-corrected chi connectivity index (χ2v) is 6.60. The monoisotopic (exact) mass is 433 g/mol. The molecule has 1 aromatic heterocycles. The van der Waals surface area contributed by atoms with Crippen LogP contribution in [0.3, 0.4) is 0 Å². The number of hydrogen-bond acceptors (Lipinski definition) is 5. The summed E-state index contributed by atoms with van der Waals surface area (Å²) in [5.41, 5.74) is 6.16. The van der Waals surface area contributed by atoms with E-state index in [2.05, 4.69) is 15.6 Å². The second-order valence-electron chi connectivity index (χ2n) is 6.60. The number of carbonyl (C=O) groups is 1. The first-order valence-corrected chi connectivity index (χ1v) is 8.92. The highest BCUT2D eigenvalue weighted by atomic mass is 19.4. The Kier molecular flexibility index (Phi) is 5.01. The van der Waals surface area contributed by atoms with Crippen LogP contribution in [0, 0.1) is 5.82 Å². The van der Waals surface area contributed by atoms with Crippen molar-refractivity contribution in [1.29, 1.82) is 0 Å². The fraction of sp³-hybridized carbons (Fsp3) is 0.100. The van der Waals surface area contributed by atoms with Gasteiger partial charge in [-0.25, -0.2) is 14.2 Å². The molecule has 1 aliphatic heterocycles. The van der Waals surface area contributed by atoms with E-state index in [0.717, 1.165) is 6.07 Å². The van der Waals surface area contributed by atoms with E-state index in [1.807, 2.05) is 0 Å². The molecule has 4 N–H and O–H groups in total. The van der Waals surface area contributed by atoms with E-state index in [-0.39, 0.29) is 12.4 Å². The molecule has 0 saturated carbocycles. The van der Waals surface area contributed by atoms with Gasteiger partial charge < -0.3 is 25.7 Å². The molecular weight excluding hydrogens is 418 g/mol. The molecule has 7 nitrogen and oxygen atoms in total. The number of benzene rings is 2. The average molecular weight is 433 g/mol. The van der Waals surface area contributed by atoms with Crippen molar-refractivity contribution in [3.63, 3.8) is 0 Å². The van der Waals surface area contributed by atoms with Crippen molar-refractivity contribution >= 4 is 28.9 Å². The van der Waals surface area contributed by atoms with Crippen molar-refractivity contribution in [2.75, 3.05) is 22.2 Å². The Labute approximate surface area is 172 Å². The zero-order valence-corrected chi connectivity index (χ0v) is 15.7. The number of alkyl halides is 3. The van der Waals surface area contributed by atoms with Gasteiger partial charge in [0.2, 0.25) is 5.55 Å². The first-order valence-electron chi connectivity index (χ1n) is 8.92. The number of amides is 2. The number of fused-ring (bicyclic) bond motifs is 1. The lowest BCUT2D eigenvalue weighted by Gasteiger charge is -2.24. The van der Waals surface area contributed by atoms with E-state index < -0.39 is 23.6 Å². The summed E-state index contributed by atoms with van der Waals surface area (Å²) in [6.45, 7) is 0.251. The summed E-state index contributed by atoms with van der Waals surface area (Å²) < 4.78 is 57.1. The molecule has 1 aliphatic rings. The zero-order chi connectivity index (χ0) is 22.2. The van der Waals surface area contributed by atoms with Gasteiger partial charge in [0.25, 0.3) is 0 Å². The number of carbonyl (C=O) groups excluding carboxylic acids is 1. The molecule has 0 radical (unpaired) electrons. The fourth-order valence-corrected chi connectivity index (χ4v) is 3.04. The fourth-order valence-electron chi connectivity index (χ4n) is 3.04. The van der Waals surface area contributed by atoms with Gasteiger partial charge in [-0.05, 0) is 48.5 Å². The Bertz CT molecular complexity index is 1250. The molecule has 11 heteroatoms. The van der Waals surface area contributed by atoms with Gasteiger partial charge in [-0.1, -0.05) is 0 Å². The molecule has 2 aromatic carbocycles. The molecule has 0 aliphatic carbocycles. The van der Waals surface area contributed by atoms with Crippen LogP contribution in [0.4, 0.5) is 39.4 Å². The van der Waals surface area contributed by atoms with Gasteiger partial charge in [0, 0.05) is 17.1 Å². The molecule has 0 spiro atoms. The van der Waals surface area contributed by atoms with E-state index >= 15 is 0 Å². The summed E-state index contributed by atoms with van der Waals surface area (Å²) in [7, 11) is 0. The summed E-state index contributed by atoms with van der Waals surface area (Å²) >= 11 is 0. The van der Waals surface area contributed by atoms with Crippen molar-refractivity contribution in [3.05, 3.63) is 76.9 Å². The highest BCUT2D eigenvalue weighted by molar-refractivity contribution is 5.99. The molecule has 3 aromatic rings. The molecule has 0 atom stereocenters. The van der Waals surface area contributed by atoms with Gasteiger partial charge in [-0.2, -0.15) is 13.2 Å². The van der Waals surface area contributed by atoms with Crippen molar-refractivity contribution in [3.8, 4) is 0 Å². The van der Waals surface area contributed by atoms with Crippen molar-refractivity contribution in [2.45, 2.75) is 6.18 Å². The van der Waals surface area contributed by atoms with E-state index in [1.54, 1.807) is 35.2 Å². The highest BCUT2D eigenvalue weighted by Crippen LogP contribution is 2.31. The molecule has 0 bridgehead atoms. The summed E-state index contributed by atoms with van der Waals surface area (Å²) in [5, 5.41) is 5.33. The number of halogens is 4. The summed E-state index contributed by atoms with van der Waals surface area (Å²) in [6, 6.07) is 9.21. The van der Waals surface area contributed by atoms with E-state index in [1.165, 1.54) is 6.26 Å². The summed E-state index contributed by atoms with van der Waals surface area (Å²) in [4.78, 5) is 18.1. The van der Waals surface area contributed by atoms with Gasteiger partial charge in [-0.15, -0.1) is 0 Å². The maximum atomic E-state index is 13.5. The Balaban J connectivity index is 1.45. The third-order valence-electron chi connectivity index (χ3n) is 4.49. The molecular formula is C20H15F4N5O2. The van der Waals surface area contributed by atoms with Crippen LogP contribution >= 0.6 is 0 Å². The van der Waals surface area contributed by atoms with Gasteiger partial charge >= 0.3 is 12.2 Å². The predicted molar refractivity (Wildman–Crippen MR) is 105 cm³/mol. The topological polar surface area (TPSA) is 95.9 Å². The highest BCUT2D eigenvalue weighted by Gasteiger charge is 2.31. The SMILES string of the molecule is NC1=c2ccoc2=NCN1c1ccc(NC(=O)Nc2cc(F)cc(C(F)(F)F)c2)cc1. The number of anilines is 3. The van der Waals surface area contributed by atoms with Crippen molar-refractivity contribution in [1.82, 2.24) is 0 Å². The first-order chi connectivity index (χ1) is 14.7. The number of nitrogens with two attached hydrogens (primary N) is 1. The van der Waals surface area contributed by atoms with Crippen LogP contribution in [0.2, 0.25) is 0 Å². The van der Waals surface area contributed by atoms with Crippen LogP contribution in [-0.2, 0) is 6.18 Å². The van der Waals surface area contributed by atoms with Gasteiger partial charge in [0.05, 0.1) is 17.0 Å². The van der Waals surface area contributed by atoms with Crippen molar-refractivity contribution in [2.24, 2.45) is 10.7 Å². The average Bonchev–Trinajstić information content (AvgIpc) is 3.18. The largest absolute Gasteiger partial charge is 0.446 e. The Morgan fingerprint density at radius 2 is 1.77 bits per heavy atom. The van der Waals surface area contributed by atoms with Crippen LogP contribution in [-0.4, -0.2) is 12.7 Å². The molecule has 2 heterocycles. The molecule has 0 unspecified atom stereocenters. The second kappa shape index (κ2) is 7.67. The van der Waals surface area contributed by atoms with Crippen LogP contribution in [0.25, 0.3) is 5.82 Å². The first kappa shape index (κ1) is 20.3. The number of hydrogen-bond donors (Lipinski definition) is 3. The minimum Gasteiger partial charge on any atom is -0.446 e. The molecule has 160 valence electrons. The van der Waals surface area contributed by atoms with Crippen LogP contribution in [0.1, 0.15) is 5.56 Å². The maximum Gasteiger partial charge on any atom is 0.416 e. The lowest BCUT2D eigenvalue weighted by molar-refractivity contribution is -0.137. The molecule has 4 rings (SSSR count). The molecule has 0 fully saturated rings. The van der Waals surface area contributed by atoms with E-state index in [9.17, 15) is 22.4 Å². The standard InChI is InChI=1S/C20H15F4N5O2/c21-12-7-11(20(22,23)24)8-14(9-12)28-19(30)27-13-1-3-15(4-2-13)29-10-26-18-16(17(29)25)5-6-31-18/h1-9H,10,25H2,(H2,27,28,30). The molecule has 2 amide bonds. The number of furan rings is 1. The maximum absolute atomic E-state index is 13.5. The normalized spacial score (nSPS) is 13.4. The third kappa shape index (κ3) is 4.29. The minimum atomic E-state index is -4.73. The Morgan fingerprint density at radius 1 is 1.06 bits per heavy atom. The van der Waals surface area contributed by atoms with E-state index in [0.29, 0.717) is 40.1 Å². The predicted octanol–water partition coefficient (Wildman–Crippen LogP) is 3.20. The Hall–Kier alpha value is -4.02. The number of rotatable bonds is 3. The van der Waals surface area contributed by atoms with Crippen LogP contribution in [0.5, 0.6) is 0 Å². The Morgan fingerprint density at radius 3 is 2.48 bits per heavy atom. The number of urea groups is 1. The van der Waals surface area contributed by atoms with Crippen LogP contribution in [0.15, 0.2) is 64.2 Å². The zero-order valence-electron chi connectivity index (χ0n) is 15.7. The molecule has 31 heavy (non-hydrogen) atoms. The third-order valence-corrected chi connectivity index (χ3v) is 4.49. The van der Waals surface area contributed by atoms with Gasteiger partial charge in [0.1, 0.15) is 18.3 Å². The lowest BCUT2D eigenvalue weighted by Crippen LogP contribution is -2.42. The quantitative estimate of drug-likeness (QED) is 0.553. The van der Waals surface area contributed by atoms with E-state index in [4.69, 9.17) is 10.2 Å². The summed E-state index contributed by atoms with van der Waals surface area (Å²) in [6.07, 6.45) is -3.24. The van der Waals surface area contributed by atoms with Gasteiger partial charge in [0.15, 0.2) is 0 Å². The van der Waals surface area contributed by atoms with Gasteiger partial charge in [-0.3, -0.25) is 0 Å². The summed E-state index contributed by atoms with van der Waals surface area (Å²) in [5.74, 6) is -0.653. The number of nitrogens with zero attached hydrogens (tertiary/aromatic N) is 2.